The molecule has 82 valence electrons. The summed E-state index contributed by atoms with van der Waals surface area (Å²) in [5.41, 5.74) is 0. The van der Waals surface area contributed by atoms with E-state index < -0.39 is 10.2 Å². The Bertz CT molecular complexity index is 300. The minimum atomic E-state index is -3.46. The highest BCUT2D eigenvalue weighted by atomic mass is 32.2. The van der Waals surface area contributed by atoms with Gasteiger partial charge in [0.2, 0.25) is 0 Å². The van der Waals surface area contributed by atoms with Crippen LogP contribution in [-0.2, 0) is 10.2 Å². The van der Waals surface area contributed by atoms with E-state index in [4.69, 9.17) is 5.14 Å². The lowest BCUT2D eigenvalue weighted by Crippen LogP contribution is -2.51. The number of nitrogens with two attached hydrogens (primary N) is 1. The molecule has 0 unspecified atom stereocenters. The maximum Gasteiger partial charge on any atom is 0.277 e. The lowest BCUT2D eigenvalue weighted by Gasteiger charge is -2.42. The fourth-order valence-corrected chi connectivity index (χ4v) is 3.93. The average Bonchev–Trinajstić information content (AvgIpc) is 2.15. The molecule has 5 heteroatoms. The highest BCUT2D eigenvalue weighted by molar-refractivity contribution is 7.86. The van der Waals surface area contributed by atoms with Crippen LogP contribution in [0.3, 0.4) is 0 Å². The first-order valence-corrected chi connectivity index (χ1v) is 6.89. The van der Waals surface area contributed by atoms with Gasteiger partial charge in [0.05, 0.1) is 0 Å². The summed E-state index contributed by atoms with van der Waals surface area (Å²) in [4.78, 5) is 0. The molecule has 0 radical (unpaired) electrons. The van der Waals surface area contributed by atoms with Crippen LogP contribution >= 0.6 is 0 Å². The Morgan fingerprint density at radius 1 is 1.07 bits per heavy atom. The van der Waals surface area contributed by atoms with Crippen molar-refractivity contribution in [2.75, 3.05) is 6.54 Å². The van der Waals surface area contributed by atoms with Gasteiger partial charge in [-0.2, -0.15) is 12.7 Å². The SMILES string of the molecule is NS(=O)(=O)N1CCC[C@@H]2CCCC[C@@H]21. The molecule has 1 aliphatic heterocycles. The fraction of sp³-hybridized carbons (Fsp3) is 1.00. The van der Waals surface area contributed by atoms with Crippen LogP contribution in [0.1, 0.15) is 38.5 Å². The molecule has 1 aliphatic carbocycles. The van der Waals surface area contributed by atoms with E-state index in [1.165, 1.54) is 23.6 Å². The molecule has 0 aromatic heterocycles. The van der Waals surface area contributed by atoms with Crippen molar-refractivity contribution in [1.29, 1.82) is 0 Å². The summed E-state index contributed by atoms with van der Waals surface area (Å²) < 4.78 is 24.2. The van der Waals surface area contributed by atoms with Gasteiger partial charge in [-0.05, 0) is 31.6 Å². The molecule has 0 amide bonds. The zero-order chi connectivity index (χ0) is 10.2. The van der Waals surface area contributed by atoms with Gasteiger partial charge in [0.1, 0.15) is 0 Å². The van der Waals surface area contributed by atoms with Crippen LogP contribution in [0, 0.1) is 5.92 Å². The monoisotopic (exact) mass is 218 g/mol. The lowest BCUT2D eigenvalue weighted by atomic mass is 9.79. The van der Waals surface area contributed by atoms with E-state index in [2.05, 4.69) is 0 Å². The van der Waals surface area contributed by atoms with Crippen molar-refractivity contribution >= 4 is 10.2 Å². The summed E-state index contributed by atoms with van der Waals surface area (Å²) in [6.45, 7) is 0.625. The summed E-state index contributed by atoms with van der Waals surface area (Å²) >= 11 is 0. The van der Waals surface area contributed by atoms with Crippen molar-refractivity contribution < 1.29 is 8.42 Å². The summed E-state index contributed by atoms with van der Waals surface area (Å²) in [5, 5.41) is 5.22. The Hall–Kier alpha value is -0.130. The van der Waals surface area contributed by atoms with E-state index in [1.807, 2.05) is 0 Å². The quantitative estimate of drug-likeness (QED) is 0.709. The number of fused-ring (bicyclic) bond motifs is 1. The van der Waals surface area contributed by atoms with Crippen LogP contribution in [0.2, 0.25) is 0 Å². The van der Waals surface area contributed by atoms with E-state index in [9.17, 15) is 8.42 Å². The van der Waals surface area contributed by atoms with Crippen LogP contribution < -0.4 is 5.14 Å². The Morgan fingerprint density at radius 3 is 2.43 bits per heavy atom. The van der Waals surface area contributed by atoms with E-state index in [0.717, 1.165) is 19.3 Å². The molecular formula is C9H18N2O2S. The normalized spacial score (nSPS) is 35.2. The summed E-state index contributed by atoms with van der Waals surface area (Å²) in [6.07, 6.45) is 6.72. The van der Waals surface area contributed by atoms with E-state index in [0.29, 0.717) is 12.5 Å². The van der Waals surface area contributed by atoms with Gasteiger partial charge in [-0.3, -0.25) is 0 Å². The third kappa shape index (κ3) is 1.94. The minimum Gasteiger partial charge on any atom is -0.216 e. The number of piperidine rings is 1. The lowest BCUT2D eigenvalue weighted by molar-refractivity contribution is 0.129. The largest absolute Gasteiger partial charge is 0.277 e. The Balaban J connectivity index is 2.17. The minimum absolute atomic E-state index is 0.201. The average molecular weight is 218 g/mol. The molecule has 14 heavy (non-hydrogen) atoms. The summed E-state index contributed by atoms with van der Waals surface area (Å²) in [6, 6.07) is 0.201. The Kier molecular flexibility index (Phi) is 2.81. The summed E-state index contributed by atoms with van der Waals surface area (Å²) in [7, 11) is -3.46. The van der Waals surface area contributed by atoms with E-state index >= 15 is 0 Å². The molecule has 2 atom stereocenters. The number of nitrogens with zero attached hydrogens (tertiary/aromatic N) is 1. The molecule has 0 spiro atoms. The fourth-order valence-electron chi connectivity index (χ4n) is 2.90. The van der Waals surface area contributed by atoms with Crippen LogP contribution in [0.4, 0.5) is 0 Å². The van der Waals surface area contributed by atoms with Crippen LogP contribution in [0.5, 0.6) is 0 Å². The molecule has 0 bridgehead atoms. The van der Waals surface area contributed by atoms with Crippen LogP contribution in [-0.4, -0.2) is 25.3 Å². The predicted octanol–water partition coefficient (Wildman–Crippen LogP) is 0.844. The highest BCUT2D eigenvalue weighted by Crippen LogP contribution is 2.35. The van der Waals surface area contributed by atoms with Gasteiger partial charge in [0, 0.05) is 12.6 Å². The highest BCUT2D eigenvalue weighted by Gasteiger charge is 2.37. The standard InChI is InChI=1S/C9H18N2O2S/c10-14(12,13)11-7-3-5-8-4-1-2-6-9(8)11/h8-9H,1-7H2,(H2,10,12,13)/t8-,9-/m0/s1. The molecule has 2 fully saturated rings. The molecule has 4 nitrogen and oxygen atoms in total. The van der Waals surface area contributed by atoms with Gasteiger partial charge in [-0.25, -0.2) is 5.14 Å². The number of rotatable bonds is 1. The van der Waals surface area contributed by atoms with Gasteiger partial charge in [0.25, 0.3) is 10.2 Å². The Labute approximate surface area is 85.6 Å². The third-order valence-electron chi connectivity index (χ3n) is 3.52. The molecule has 2 N–H and O–H groups in total. The molecular weight excluding hydrogens is 200 g/mol. The second kappa shape index (κ2) is 3.79. The molecule has 2 rings (SSSR count). The Morgan fingerprint density at radius 2 is 1.71 bits per heavy atom. The first-order chi connectivity index (χ1) is 6.59. The molecule has 1 heterocycles. The smallest absolute Gasteiger partial charge is 0.216 e. The van der Waals surface area contributed by atoms with E-state index in [-0.39, 0.29) is 6.04 Å². The maximum absolute atomic E-state index is 11.3. The molecule has 0 aromatic rings. The van der Waals surface area contributed by atoms with Crippen molar-refractivity contribution in [2.24, 2.45) is 11.1 Å². The predicted molar refractivity (Wildman–Crippen MR) is 54.8 cm³/mol. The van der Waals surface area contributed by atoms with Crippen molar-refractivity contribution in [2.45, 2.75) is 44.6 Å². The zero-order valence-corrected chi connectivity index (χ0v) is 9.17. The summed E-state index contributed by atoms with van der Waals surface area (Å²) in [5.74, 6) is 0.566. The van der Waals surface area contributed by atoms with E-state index in [1.54, 1.807) is 0 Å². The molecule has 0 aromatic carbocycles. The number of hydrogen-bond acceptors (Lipinski definition) is 2. The van der Waals surface area contributed by atoms with Gasteiger partial charge < -0.3 is 0 Å². The third-order valence-corrected chi connectivity index (χ3v) is 4.63. The topological polar surface area (TPSA) is 63.4 Å². The van der Waals surface area contributed by atoms with Crippen LogP contribution in [0.15, 0.2) is 0 Å². The van der Waals surface area contributed by atoms with Crippen molar-refractivity contribution in [1.82, 2.24) is 4.31 Å². The second-order valence-corrected chi connectivity index (χ2v) is 5.91. The zero-order valence-electron chi connectivity index (χ0n) is 8.35. The molecule has 1 saturated carbocycles. The maximum atomic E-state index is 11.3. The molecule has 2 aliphatic rings. The van der Waals surface area contributed by atoms with Gasteiger partial charge in [-0.15, -0.1) is 0 Å². The first kappa shape index (κ1) is 10.4. The van der Waals surface area contributed by atoms with Gasteiger partial charge in [0.15, 0.2) is 0 Å². The van der Waals surface area contributed by atoms with Crippen molar-refractivity contribution in [3.05, 3.63) is 0 Å². The van der Waals surface area contributed by atoms with Crippen molar-refractivity contribution in [3.8, 4) is 0 Å². The molecule has 1 saturated heterocycles. The van der Waals surface area contributed by atoms with Crippen molar-refractivity contribution in [3.63, 3.8) is 0 Å². The van der Waals surface area contributed by atoms with Gasteiger partial charge >= 0.3 is 0 Å². The van der Waals surface area contributed by atoms with Gasteiger partial charge in [-0.1, -0.05) is 12.8 Å². The van der Waals surface area contributed by atoms with Crippen LogP contribution in [0.25, 0.3) is 0 Å². The first-order valence-electron chi connectivity index (χ1n) is 5.38. The number of hydrogen-bond donors (Lipinski definition) is 1. The second-order valence-electron chi connectivity index (χ2n) is 4.41.